The van der Waals surface area contributed by atoms with Crippen molar-refractivity contribution >= 4 is 33.6 Å². The SMILES string of the molecule is Cn1[nH]c(-c2cc3ccc(F)cc3s2)nc1=S. The van der Waals surface area contributed by atoms with Crippen LogP contribution in [0.3, 0.4) is 0 Å². The molecule has 17 heavy (non-hydrogen) atoms. The first-order chi connectivity index (χ1) is 8.13. The molecule has 3 rings (SSSR count). The molecule has 1 aromatic carbocycles. The predicted octanol–water partition coefficient (Wildman–Crippen LogP) is 3.50. The Bertz CT molecular complexity index is 754. The average Bonchev–Trinajstić information content (AvgIpc) is 2.83. The summed E-state index contributed by atoms with van der Waals surface area (Å²) in [6.07, 6.45) is 0. The molecule has 1 N–H and O–H groups in total. The minimum absolute atomic E-state index is 0.222. The molecular weight excluding hydrogens is 257 g/mol. The molecule has 0 unspecified atom stereocenters. The molecular formula is C11H8FN3S2. The first-order valence-corrected chi connectivity index (χ1v) is 6.18. The molecule has 0 bridgehead atoms. The number of halogens is 1. The number of fused-ring (bicyclic) bond motifs is 1. The lowest BCUT2D eigenvalue weighted by molar-refractivity contribution is 0.630. The van der Waals surface area contributed by atoms with Crippen LogP contribution in [0, 0.1) is 10.6 Å². The number of aromatic amines is 1. The number of nitrogens with zero attached hydrogens (tertiary/aromatic N) is 2. The highest BCUT2D eigenvalue weighted by Gasteiger charge is 2.08. The maximum absolute atomic E-state index is 13.1. The van der Waals surface area contributed by atoms with Crippen molar-refractivity contribution in [3.63, 3.8) is 0 Å². The van der Waals surface area contributed by atoms with Crippen molar-refractivity contribution in [2.24, 2.45) is 7.05 Å². The first kappa shape index (κ1) is 10.6. The Labute approximate surface area is 106 Å². The summed E-state index contributed by atoms with van der Waals surface area (Å²) in [6.45, 7) is 0. The van der Waals surface area contributed by atoms with E-state index in [2.05, 4.69) is 10.1 Å². The summed E-state index contributed by atoms with van der Waals surface area (Å²) in [6, 6.07) is 6.73. The van der Waals surface area contributed by atoms with Gasteiger partial charge in [-0.2, -0.15) is 4.98 Å². The summed E-state index contributed by atoms with van der Waals surface area (Å²) in [7, 11) is 1.81. The van der Waals surface area contributed by atoms with Crippen molar-refractivity contribution in [2.75, 3.05) is 0 Å². The fourth-order valence-corrected chi connectivity index (χ4v) is 2.80. The Kier molecular flexibility index (Phi) is 2.34. The monoisotopic (exact) mass is 265 g/mol. The fraction of sp³-hybridized carbons (Fsp3) is 0.0909. The van der Waals surface area contributed by atoms with E-state index in [9.17, 15) is 4.39 Å². The van der Waals surface area contributed by atoms with E-state index in [1.54, 1.807) is 10.7 Å². The Hall–Kier alpha value is -1.53. The standard InChI is InChI=1S/C11H8FN3S2/c1-15-11(16)13-10(14-15)9-4-6-2-3-7(12)5-8(6)17-9/h2-5H,1H3,(H,13,14,16). The van der Waals surface area contributed by atoms with Crippen LogP contribution in [0.25, 0.3) is 20.8 Å². The lowest BCUT2D eigenvalue weighted by Gasteiger charge is -1.88. The molecule has 0 spiro atoms. The van der Waals surface area contributed by atoms with Crippen LogP contribution in [-0.2, 0) is 7.05 Å². The number of nitrogens with one attached hydrogen (secondary N) is 1. The van der Waals surface area contributed by atoms with Crippen molar-refractivity contribution < 1.29 is 4.39 Å². The largest absolute Gasteiger partial charge is 0.279 e. The van der Waals surface area contributed by atoms with E-state index in [1.807, 2.05) is 13.1 Å². The van der Waals surface area contributed by atoms with Crippen LogP contribution in [0.4, 0.5) is 4.39 Å². The van der Waals surface area contributed by atoms with Crippen molar-refractivity contribution in [2.45, 2.75) is 0 Å². The van der Waals surface area contributed by atoms with Gasteiger partial charge in [-0.15, -0.1) is 11.3 Å². The van der Waals surface area contributed by atoms with Gasteiger partial charge >= 0.3 is 0 Å². The third kappa shape index (κ3) is 1.79. The molecule has 0 amide bonds. The number of benzene rings is 1. The van der Waals surface area contributed by atoms with Gasteiger partial charge in [-0.3, -0.25) is 9.78 Å². The number of hydrogen-bond acceptors (Lipinski definition) is 3. The van der Waals surface area contributed by atoms with E-state index in [1.165, 1.54) is 23.5 Å². The third-order valence-electron chi connectivity index (χ3n) is 2.48. The molecule has 2 aromatic heterocycles. The third-order valence-corrected chi connectivity index (χ3v) is 3.95. The molecule has 0 fully saturated rings. The number of aromatic nitrogens is 3. The second-order valence-corrected chi connectivity index (χ2v) is 5.16. The maximum Gasteiger partial charge on any atom is 0.216 e. The second kappa shape index (κ2) is 3.75. The first-order valence-electron chi connectivity index (χ1n) is 4.96. The van der Waals surface area contributed by atoms with E-state index in [0.29, 0.717) is 4.77 Å². The minimum atomic E-state index is -0.222. The lowest BCUT2D eigenvalue weighted by atomic mass is 10.2. The number of hydrogen-bond donors (Lipinski definition) is 1. The van der Waals surface area contributed by atoms with Crippen molar-refractivity contribution in [1.29, 1.82) is 0 Å². The fourth-order valence-electron chi connectivity index (χ4n) is 1.63. The Morgan fingerprint density at radius 2 is 2.24 bits per heavy atom. The molecule has 3 aromatic rings. The molecule has 0 radical (unpaired) electrons. The predicted molar refractivity (Wildman–Crippen MR) is 69.2 cm³/mol. The lowest BCUT2D eigenvalue weighted by Crippen LogP contribution is -1.88. The molecule has 6 heteroatoms. The molecule has 0 aliphatic heterocycles. The molecule has 0 saturated heterocycles. The quantitative estimate of drug-likeness (QED) is 0.683. The summed E-state index contributed by atoms with van der Waals surface area (Å²) in [5.74, 6) is 0.499. The van der Waals surface area contributed by atoms with Gasteiger partial charge in [-0.25, -0.2) is 4.39 Å². The molecule has 86 valence electrons. The van der Waals surface area contributed by atoms with Crippen molar-refractivity contribution in [1.82, 2.24) is 14.8 Å². The zero-order valence-corrected chi connectivity index (χ0v) is 10.5. The van der Waals surface area contributed by atoms with Crippen LogP contribution in [0.2, 0.25) is 0 Å². The normalized spacial score (nSPS) is 11.2. The van der Waals surface area contributed by atoms with Crippen LogP contribution in [0.15, 0.2) is 24.3 Å². The molecule has 0 saturated carbocycles. The van der Waals surface area contributed by atoms with Gasteiger partial charge in [0.2, 0.25) is 4.77 Å². The molecule has 3 nitrogen and oxygen atoms in total. The number of rotatable bonds is 1. The van der Waals surface area contributed by atoms with Gasteiger partial charge in [-0.05, 0) is 35.8 Å². The van der Waals surface area contributed by atoms with Crippen LogP contribution in [0.5, 0.6) is 0 Å². The highest BCUT2D eigenvalue weighted by molar-refractivity contribution is 7.71. The Balaban J connectivity index is 2.21. The Morgan fingerprint density at radius 1 is 1.41 bits per heavy atom. The van der Waals surface area contributed by atoms with Crippen LogP contribution in [-0.4, -0.2) is 14.8 Å². The summed E-state index contributed by atoms with van der Waals surface area (Å²) >= 11 is 6.53. The van der Waals surface area contributed by atoms with Gasteiger partial charge in [0.05, 0.1) is 4.88 Å². The Morgan fingerprint density at radius 3 is 2.94 bits per heavy atom. The number of aryl methyl sites for hydroxylation is 1. The summed E-state index contributed by atoms with van der Waals surface area (Å²) < 4.78 is 16.2. The summed E-state index contributed by atoms with van der Waals surface area (Å²) in [4.78, 5) is 5.19. The maximum atomic E-state index is 13.1. The number of H-pyrrole nitrogens is 1. The van der Waals surface area contributed by atoms with Gasteiger partial charge in [0, 0.05) is 11.7 Å². The molecule has 0 aliphatic carbocycles. The van der Waals surface area contributed by atoms with Gasteiger partial charge in [0.1, 0.15) is 5.82 Å². The van der Waals surface area contributed by atoms with Gasteiger partial charge in [0.25, 0.3) is 0 Å². The second-order valence-electron chi connectivity index (χ2n) is 3.71. The highest BCUT2D eigenvalue weighted by atomic mass is 32.1. The van der Waals surface area contributed by atoms with Crippen LogP contribution >= 0.6 is 23.6 Å². The van der Waals surface area contributed by atoms with Gasteiger partial charge in [-0.1, -0.05) is 6.07 Å². The summed E-state index contributed by atoms with van der Waals surface area (Å²) in [5, 5.41) is 4.06. The molecule has 2 heterocycles. The van der Waals surface area contributed by atoms with Crippen LogP contribution in [0.1, 0.15) is 0 Å². The van der Waals surface area contributed by atoms with E-state index >= 15 is 0 Å². The number of thiophene rings is 1. The van der Waals surface area contributed by atoms with Gasteiger partial charge in [0.15, 0.2) is 5.82 Å². The van der Waals surface area contributed by atoms with Crippen LogP contribution < -0.4 is 0 Å². The minimum Gasteiger partial charge on any atom is -0.279 e. The van der Waals surface area contributed by atoms with Gasteiger partial charge < -0.3 is 0 Å². The average molecular weight is 265 g/mol. The van der Waals surface area contributed by atoms with E-state index in [-0.39, 0.29) is 5.82 Å². The smallest absolute Gasteiger partial charge is 0.216 e. The molecule has 0 aliphatic rings. The highest BCUT2D eigenvalue weighted by Crippen LogP contribution is 2.31. The zero-order valence-electron chi connectivity index (χ0n) is 8.90. The summed E-state index contributed by atoms with van der Waals surface area (Å²) in [5.41, 5.74) is 0. The van der Waals surface area contributed by atoms with E-state index in [0.717, 1.165) is 20.8 Å². The topological polar surface area (TPSA) is 33.6 Å². The van der Waals surface area contributed by atoms with E-state index < -0.39 is 0 Å². The zero-order chi connectivity index (χ0) is 12.0. The molecule has 0 atom stereocenters. The van der Waals surface area contributed by atoms with E-state index in [4.69, 9.17) is 12.2 Å². The van der Waals surface area contributed by atoms with Crippen molar-refractivity contribution in [3.8, 4) is 10.7 Å². The van der Waals surface area contributed by atoms with Crippen molar-refractivity contribution in [3.05, 3.63) is 34.9 Å².